The zero-order valence-corrected chi connectivity index (χ0v) is 18.0. The number of nitrogens with one attached hydrogen (secondary N) is 1. The van der Waals surface area contributed by atoms with E-state index in [1.165, 1.54) is 34.4 Å². The Morgan fingerprint density at radius 2 is 2.13 bits per heavy atom. The molecule has 1 unspecified atom stereocenters. The molecule has 1 aliphatic heterocycles. The van der Waals surface area contributed by atoms with E-state index in [9.17, 15) is 14.0 Å². The number of anilines is 2. The van der Waals surface area contributed by atoms with E-state index in [0.717, 1.165) is 16.3 Å². The van der Waals surface area contributed by atoms with E-state index < -0.39 is 11.7 Å². The van der Waals surface area contributed by atoms with Gasteiger partial charge in [0.25, 0.3) is 0 Å². The Kier molecular flexibility index (Phi) is 6.15. The van der Waals surface area contributed by atoms with Crippen LogP contribution in [0, 0.1) is 11.7 Å². The molecule has 10 heteroatoms. The van der Waals surface area contributed by atoms with E-state index in [-0.39, 0.29) is 29.8 Å². The highest BCUT2D eigenvalue weighted by Crippen LogP contribution is 2.30. The Balaban J connectivity index is 1.40. The van der Waals surface area contributed by atoms with Gasteiger partial charge in [0, 0.05) is 30.6 Å². The molecule has 7 nitrogen and oxygen atoms in total. The highest BCUT2D eigenvalue weighted by Gasteiger charge is 2.35. The van der Waals surface area contributed by atoms with Crippen LogP contribution in [0.1, 0.15) is 17.0 Å². The number of rotatable bonds is 6. The van der Waals surface area contributed by atoms with Crippen molar-refractivity contribution >= 4 is 45.6 Å². The van der Waals surface area contributed by atoms with Gasteiger partial charge in [0.05, 0.1) is 18.1 Å². The fourth-order valence-electron chi connectivity index (χ4n) is 3.38. The van der Waals surface area contributed by atoms with Crippen molar-refractivity contribution in [2.24, 2.45) is 5.92 Å². The number of halogens is 2. The predicted octanol–water partition coefficient (Wildman–Crippen LogP) is 3.92. The molecule has 0 aliphatic carbocycles. The number of benzene rings is 2. The molecule has 0 saturated carbocycles. The second-order valence-electron chi connectivity index (χ2n) is 6.98. The van der Waals surface area contributed by atoms with Gasteiger partial charge < -0.3 is 15.0 Å². The van der Waals surface area contributed by atoms with E-state index in [1.54, 1.807) is 7.11 Å². The summed E-state index contributed by atoms with van der Waals surface area (Å²) in [5.41, 5.74) is 1.43. The molecule has 1 aromatic heterocycles. The normalized spacial score (nSPS) is 15.9. The highest BCUT2D eigenvalue weighted by molar-refractivity contribution is 7.15. The maximum absolute atomic E-state index is 13.4. The molecular weight excluding hydrogens is 443 g/mol. The lowest BCUT2D eigenvalue weighted by molar-refractivity contribution is -0.122. The van der Waals surface area contributed by atoms with Crippen molar-refractivity contribution in [2.75, 3.05) is 23.9 Å². The first kappa shape index (κ1) is 21.2. The van der Waals surface area contributed by atoms with Gasteiger partial charge in [-0.1, -0.05) is 41.1 Å². The molecule has 2 aromatic carbocycles. The third kappa shape index (κ3) is 4.67. The second-order valence-corrected chi connectivity index (χ2v) is 8.45. The first-order valence-electron chi connectivity index (χ1n) is 9.45. The van der Waals surface area contributed by atoms with Gasteiger partial charge in [0.15, 0.2) is 0 Å². The zero-order chi connectivity index (χ0) is 22.0. The monoisotopic (exact) mass is 460 g/mol. The van der Waals surface area contributed by atoms with Gasteiger partial charge in [-0.25, -0.2) is 4.39 Å². The molecule has 3 aromatic rings. The quantitative estimate of drug-likeness (QED) is 0.602. The summed E-state index contributed by atoms with van der Waals surface area (Å²) in [6.07, 6.45) is 0.576. The minimum atomic E-state index is -0.563. The van der Waals surface area contributed by atoms with Crippen molar-refractivity contribution in [2.45, 2.75) is 12.8 Å². The number of hydrogen-bond donors (Lipinski definition) is 1. The summed E-state index contributed by atoms with van der Waals surface area (Å²) in [4.78, 5) is 26.5. The summed E-state index contributed by atoms with van der Waals surface area (Å²) >= 11 is 7.08. The van der Waals surface area contributed by atoms with Crippen LogP contribution in [-0.4, -0.2) is 35.7 Å². The lowest BCUT2D eigenvalue weighted by atomic mass is 10.1. The molecule has 4 rings (SSSR count). The number of para-hydroxylation sites is 1. The summed E-state index contributed by atoms with van der Waals surface area (Å²) in [6, 6.07) is 11.7. The molecule has 1 atom stereocenters. The summed E-state index contributed by atoms with van der Waals surface area (Å²) in [5.74, 6) is -0.904. The molecule has 1 aliphatic rings. The Bertz CT molecular complexity index is 1140. The Hall–Kier alpha value is -3.04. The Labute approximate surface area is 186 Å². The molecular formula is C21H18ClFN4O3S. The van der Waals surface area contributed by atoms with Crippen molar-refractivity contribution in [3.05, 3.63) is 63.9 Å². The zero-order valence-electron chi connectivity index (χ0n) is 16.5. The predicted molar refractivity (Wildman–Crippen MR) is 116 cm³/mol. The van der Waals surface area contributed by atoms with Crippen molar-refractivity contribution in [3.8, 4) is 5.75 Å². The molecule has 2 amide bonds. The molecule has 0 radical (unpaired) electrons. The molecule has 31 heavy (non-hydrogen) atoms. The number of methoxy groups -OCH3 is 1. The summed E-state index contributed by atoms with van der Waals surface area (Å²) in [6.45, 7) is 0.180. The minimum Gasteiger partial charge on any atom is -0.496 e. The van der Waals surface area contributed by atoms with E-state index in [1.807, 2.05) is 24.3 Å². The number of aromatic nitrogens is 2. The van der Waals surface area contributed by atoms with Crippen molar-refractivity contribution in [3.63, 3.8) is 0 Å². The lowest BCUT2D eigenvalue weighted by Gasteiger charge is -2.17. The first-order valence-corrected chi connectivity index (χ1v) is 10.6. The largest absolute Gasteiger partial charge is 0.496 e. The van der Waals surface area contributed by atoms with Crippen molar-refractivity contribution < 1.29 is 18.7 Å². The van der Waals surface area contributed by atoms with Crippen molar-refractivity contribution in [1.82, 2.24) is 10.2 Å². The van der Waals surface area contributed by atoms with Gasteiger partial charge in [0.1, 0.15) is 16.6 Å². The van der Waals surface area contributed by atoms with E-state index >= 15 is 0 Å². The van der Waals surface area contributed by atoms with Gasteiger partial charge in [0.2, 0.25) is 16.9 Å². The summed E-state index contributed by atoms with van der Waals surface area (Å²) < 4.78 is 18.7. The lowest BCUT2D eigenvalue weighted by Crippen LogP contribution is -2.28. The third-order valence-corrected chi connectivity index (χ3v) is 6.07. The standard InChI is InChI=1S/C21H18ClFN4O3S/c1-30-17-5-3-2-4-12(17)8-18-25-26-21(31-18)24-20(29)13-9-19(28)27(11-13)14-6-7-16(23)15(22)10-14/h2-7,10,13H,8-9,11H2,1H3,(H,24,26,29). The number of carbonyl (C=O) groups excluding carboxylic acids is 2. The number of amides is 2. The van der Waals surface area contributed by atoms with Crippen LogP contribution < -0.4 is 15.0 Å². The highest BCUT2D eigenvalue weighted by atomic mass is 35.5. The molecule has 0 bridgehead atoms. The van der Waals surface area contributed by atoms with Crippen LogP contribution in [-0.2, 0) is 16.0 Å². The maximum Gasteiger partial charge on any atom is 0.231 e. The second kappa shape index (κ2) is 8.99. The van der Waals surface area contributed by atoms with Gasteiger partial charge in [-0.05, 0) is 24.3 Å². The van der Waals surface area contributed by atoms with Gasteiger partial charge in [-0.15, -0.1) is 10.2 Å². The van der Waals surface area contributed by atoms with Gasteiger partial charge in [-0.2, -0.15) is 0 Å². The van der Waals surface area contributed by atoms with Gasteiger partial charge in [-0.3, -0.25) is 9.59 Å². The fourth-order valence-corrected chi connectivity index (χ4v) is 4.32. The van der Waals surface area contributed by atoms with Crippen LogP contribution in [0.3, 0.4) is 0 Å². The molecule has 1 saturated heterocycles. The van der Waals surface area contributed by atoms with Crippen molar-refractivity contribution in [1.29, 1.82) is 0 Å². The summed E-state index contributed by atoms with van der Waals surface area (Å²) in [7, 11) is 1.61. The molecule has 2 heterocycles. The van der Waals surface area contributed by atoms with Crippen LogP contribution >= 0.6 is 22.9 Å². The van der Waals surface area contributed by atoms with Crippen LogP contribution in [0.25, 0.3) is 0 Å². The van der Waals surface area contributed by atoms with Gasteiger partial charge >= 0.3 is 0 Å². The number of carbonyl (C=O) groups is 2. The molecule has 1 N–H and O–H groups in total. The topological polar surface area (TPSA) is 84.4 Å². The van der Waals surface area contributed by atoms with E-state index in [2.05, 4.69) is 15.5 Å². The average Bonchev–Trinajstić information content (AvgIpc) is 3.36. The maximum atomic E-state index is 13.4. The van der Waals surface area contributed by atoms with E-state index in [4.69, 9.17) is 16.3 Å². The van der Waals surface area contributed by atoms with Crippen LogP contribution in [0.2, 0.25) is 5.02 Å². The fraction of sp³-hybridized carbons (Fsp3) is 0.238. The molecule has 1 fully saturated rings. The number of nitrogens with zero attached hydrogens (tertiary/aromatic N) is 3. The minimum absolute atomic E-state index is 0.0493. The van der Waals surface area contributed by atoms with Crippen LogP contribution in [0.4, 0.5) is 15.2 Å². The molecule has 0 spiro atoms. The average molecular weight is 461 g/mol. The van der Waals surface area contributed by atoms with Crippen LogP contribution in [0.15, 0.2) is 42.5 Å². The Morgan fingerprint density at radius 3 is 2.90 bits per heavy atom. The first-order chi connectivity index (χ1) is 14.9. The van der Waals surface area contributed by atoms with Crippen LogP contribution in [0.5, 0.6) is 5.75 Å². The third-order valence-electron chi connectivity index (χ3n) is 4.94. The smallest absolute Gasteiger partial charge is 0.231 e. The SMILES string of the molecule is COc1ccccc1Cc1nnc(NC(=O)C2CC(=O)N(c3ccc(F)c(Cl)c3)C2)s1. The Morgan fingerprint density at radius 1 is 1.32 bits per heavy atom. The number of hydrogen-bond acceptors (Lipinski definition) is 6. The van der Waals surface area contributed by atoms with E-state index in [0.29, 0.717) is 17.2 Å². The number of ether oxygens (including phenoxy) is 1. The molecule has 160 valence electrons. The summed E-state index contributed by atoms with van der Waals surface area (Å²) in [5, 5.41) is 11.9.